The van der Waals surface area contributed by atoms with Gasteiger partial charge in [-0.15, -0.1) is 11.3 Å². The van der Waals surface area contributed by atoms with E-state index >= 15 is 0 Å². The number of hydrogen-bond donors (Lipinski definition) is 2. The van der Waals surface area contributed by atoms with Crippen molar-refractivity contribution < 1.29 is 13.2 Å². The third-order valence-corrected chi connectivity index (χ3v) is 6.76. The van der Waals surface area contributed by atoms with Gasteiger partial charge in [0.25, 0.3) is 5.91 Å². The van der Waals surface area contributed by atoms with Crippen LogP contribution < -0.4 is 10.0 Å². The van der Waals surface area contributed by atoms with E-state index in [0.717, 1.165) is 10.6 Å². The molecule has 3 rings (SSSR count). The summed E-state index contributed by atoms with van der Waals surface area (Å²) in [6.45, 7) is 5.27. The van der Waals surface area contributed by atoms with E-state index < -0.39 is 21.5 Å². The number of para-hydroxylation sites is 1. The lowest BCUT2D eigenvalue weighted by atomic mass is 10.1. The Morgan fingerprint density at radius 2 is 1.85 bits per heavy atom. The molecule has 0 aliphatic rings. The minimum atomic E-state index is -3.79. The molecule has 0 radical (unpaired) electrons. The Labute approximate surface area is 166 Å². The first-order valence-electron chi connectivity index (χ1n) is 8.08. The highest BCUT2D eigenvalue weighted by molar-refractivity contribution is 7.89. The lowest BCUT2D eigenvalue weighted by molar-refractivity contribution is 0.102. The van der Waals surface area contributed by atoms with Crippen molar-refractivity contribution >= 4 is 44.3 Å². The van der Waals surface area contributed by atoms with E-state index in [1.807, 2.05) is 16.8 Å². The van der Waals surface area contributed by atoms with Crippen LogP contribution in [-0.2, 0) is 10.0 Å². The molecule has 0 spiro atoms. The first-order valence-corrected chi connectivity index (χ1v) is 11.4. The van der Waals surface area contributed by atoms with Crippen molar-refractivity contribution in [3.05, 3.63) is 52.2 Å². The number of amides is 1. The first-order chi connectivity index (χ1) is 12.7. The largest absolute Gasteiger partial charge is 0.319 e. The second kappa shape index (κ2) is 7.51. The van der Waals surface area contributed by atoms with Gasteiger partial charge in [0.2, 0.25) is 10.0 Å². The summed E-state index contributed by atoms with van der Waals surface area (Å²) >= 11 is 2.92. The van der Waals surface area contributed by atoms with Gasteiger partial charge in [0.1, 0.15) is 15.6 Å². The highest BCUT2D eigenvalue weighted by Gasteiger charge is 2.25. The standard InChI is InChI=1S/C18H19N3O3S3/c1-18(2,3)21-27(23,24)15-7-5-4-6-13(15)19-16(22)14-11-26-17(20-14)12-8-9-25-10-12/h4-11,21H,1-3H3,(H,19,22). The summed E-state index contributed by atoms with van der Waals surface area (Å²) in [6, 6.07) is 8.24. The molecule has 0 bridgehead atoms. The van der Waals surface area contributed by atoms with Gasteiger partial charge in [-0.05, 0) is 44.4 Å². The van der Waals surface area contributed by atoms with Crippen molar-refractivity contribution in [3.8, 4) is 10.6 Å². The van der Waals surface area contributed by atoms with Crippen molar-refractivity contribution in [2.45, 2.75) is 31.2 Å². The lowest BCUT2D eigenvalue weighted by Gasteiger charge is -2.21. The van der Waals surface area contributed by atoms with Gasteiger partial charge < -0.3 is 5.32 Å². The summed E-state index contributed by atoms with van der Waals surface area (Å²) in [5.74, 6) is -0.453. The zero-order valence-corrected chi connectivity index (χ0v) is 17.5. The third-order valence-electron chi connectivity index (χ3n) is 3.37. The van der Waals surface area contributed by atoms with Crippen LogP contribution in [0.15, 0.2) is 51.4 Å². The Morgan fingerprint density at radius 1 is 1.11 bits per heavy atom. The Balaban J connectivity index is 1.85. The van der Waals surface area contributed by atoms with Crippen LogP contribution in [-0.4, -0.2) is 24.8 Å². The van der Waals surface area contributed by atoms with Crippen LogP contribution in [0.5, 0.6) is 0 Å². The van der Waals surface area contributed by atoms with Crippen molar-refractivity contribution in [1.82, 2.24) is 9.71 Å². The van der Waals surface area contributed by atoms with E-state index in [0.29, 0.717) is 0 Å². The Hall–Kier alpha value is -2.07. The maximum atomic E-state index is 12.7. The van der Waals surface area contributed by atoms with Gasteiger partial charge in [0.15, 0.2) is 0 Å². The summed E-state index contributed by atoms with van der Waals surface area (Å²) in [5.41, 5.74) is 0.781. The van der Waals surface area contributed by atoms with Gasteiger partial charge in [0, 0.05) is 21.9 Å². The monoisotopic (exact) mass is 421 g/mol. The molecule has 6 nitrogen and oxygen atoms in total. The van der Waals surface area contributed by atoms with Gasteiger partial charge in [-0.3, -0.25) is 4.79 Å². The fraction of sp³-hybridized carbons (Fsp3) is 0.222. The molecular weight excluding hydrogens is 402 g/mol. The average molecular weight is 422 g/mol. The van der Waals surface area contributed by atoms with Crippen LogP contribution in [0.4, 0.5) is 5.69 Å². The van der Waals surface area contributed by atoms with E-state index in [1.54, 1.807) is 55.7 Å². The van der Waals surface area contributed by atoms with Crippen LogP contribution >= 0.6 is 22.7 Å². The van der Waals surface area contributed by atoms with Crippen molar-refractivity contribution in [2.75, 3.05) is 5.32 Å². The Bertz CT molecular complexity index is 1050. The van der Waals surface area contributed by atoms with Crippen LogP contribution in [0.25, 0.3) is 10.6 Å². The molecule has 1 amide bonds. The van der Waals surface area contributed by atoms with Gasteiger partial charge in [-0.1, -0.05) is 12.1 Å². The number of sulfonamides is 1. The molecule has 9 heteroatoms. The Morgan fingerprint density at radius 3 is 2.52 bits per heavy atom. The van der Waals surface area contributed by atoms with Crippen LogP contribution in [0, 0.1) is 0 Å². The molecule has 0 aliphatic heterocycles. The van der Waals surface area contributed by atoms with E-state index in [4.69, 9.17) is 0 Å². The molecule has 0 saturated carbocycles. The summed E-state index contributed by atoms with van der Waals surface area (Å²) in [7, 11) is -3.79. The highest BCUT2D eigenvalue weighted by Crippen LogP contribution is 2.27. The van der Waals surface area contributed by atoms with Gasteiger partial charge in [-0.2, -0.15) is 11.3 Å². The number of nitrogens with zero attached hydrogens (tertiary/aromatic N) is 1. The molecule has 2 aromatic heterocycles. The van der Waals surface area contributed by atoms with Gasteiger partial charge >= 0.3 is 0 Å². The van der Waals surface area contributed by atoms with Crippen LogP contribution in [0.3, 0.4) is 0 Å². The maximum Gasteiger partial charge on any atom is 0.275 e. The van der Waals surface area contributed by atoms with E-state index in [9.17, 15) is 13.2 Å². The highest BCUT2D eigenvalue weighted by atomic mass is 32.2. The summed E-state index contributed by atoms with van der Waals surface area (Å²) < 4.78 is 27.9. The number of aromatic nitrogens is 1. The zero-order valence-electron chi connectivity index (χ0n) is 15.0. The molecule has 0 fully saturated rings. The molecular formula is C18H19N3O3S3. The lowest BCUT2D eigenvalue weighted by Crippen LogP contribution is -2.40. The molecule has 2 N–H and O–H groups in total. The number of hydrogen-bond acceptors (Lipinski definition) is 6. The summed E-state index contributed by atoms with van der Waals surface area (Å²) in [4.78, 5) is 16.9. The quantitative estimate of drug-likeness (QED) is 0.646. The minimum absolute atomic E-state index is 0.0153. The molecule has 0 aliphatic carbocycles. The molecule has 1 aromatic carbocycles. The SMILES string of the molecule is CC(C)(C)NS(=O)(=O)c1ccccc1NC(=O)c1csc(-c2ccsc2)n1. The van der Waals surface area contributed by atoms with Gasteiger partial charge in [-0.25, -0.2) is 18.1 Å². The molecule has 142 valence electrons. The summed E-state index contributed by atoms with van der Waals surface area (Å²) in [6.07, 6.45) is 0. The molecule has 2 heterocycles. The maximum absolute atomic E-state index is 12.7. The third kappa shape index (κ3) is 4.81. The zero-order chi connectivity index (χ0) is 19.7. The Kier molecular flexibility index (Phi) is 5.48. The smallest absolute Gasteiger partial charge is 0.275 e. The minimum Gasteiger partial charge on any atom is -0.319 e. The fourth-order valence-electron chi connectivity index (χ4n) is 2.35. The second-order valence-electron chi connectivity index (χ2n) is 6.86. The number of thiophene rings is 1. The normalized spacial score (nSPS) is 12.1. The number of carbonyl (C=O) groups excluding carboxylic acids is 1. The molecule has 27 heavy (non-hydrogen) atoms. The van der Waals surface area contributed by atoms with Crippen molar-refractivity contribution in [1.29, 1.82) is 0 Å². The average Bonchev–Trinajstić information content (AvgIpc) is 3.24. The van der Waals surface area contributed by atoms with Crippen molar-refractivity contribution in [2.24, 2.45) is 0 Å². The van der Waals surface area contributed by atoms with Crippen LogP contribution in [0.1, 0.15) is 31.3 Å². The van der Waals surface area contributed by atoms with E-state index in [-0.39, 0.29) is 16.3 Å². The van der Waals surface area contributed by atoms with Crippen molar-refractivity contribution in [3.63, 3.8) is 0 Å². The van der Waals surface area contributed by atoms with E-state index in [1.165, 1.54) is 17.4 Å². The fourth-order valence-corrected chi connectivity index (χ4v) is 5.44. The first kappa shape index (κ1) is 19.7. The predicted octanol–water partition coefficient (Wildman–Crippen LogP) is 4.20. The van der Waals surface area contributed by atoms with E-state index in [2.05, 4.69) is 15.0 Å². The number of carbonyl (C=O) groups is 1. The van der Waals surface area contributed by atoms with Crippen LogP contribution in [0.2, 0.25) is 0 Å². The summed E-state index contributed by atoms with van der Waals surface area (Å²) in [5, 5.41) is 8.98. The number of benzene rings is 1. The van der Waals surface area contributed by atoms with Gasteiger partial charge in [0.05, 0.1) is 5.69 Å². The number of anilines is 1. The second-order valence-corrected chi connectivity index (χ2v) is 10.1. The molecule has 0 saturated heterocycles. The number of nitrogens with one attached hydrogen (secondary N) is 2. The molecule has 3 aromatic rings. The number of rotatable bonds is 5. The molecule has 0 atom stereocenters. The number of thiazole rings is 1. The topological polar surface area (TPSA) is 88.2 Å². The molecule has 0 unspecified atom stereocenters. The predicted molar refractivity (Wildman–Crippen MR) is 110 cm³/mol.